The first kappa shape index (κ1) is 24.7. The van der Waals surface area contributed by atoms with Crippen molar-refractivity contribution in [2.75, 3.05) is 38.2 Å². The number of aryl methyl sites for hydroxylation is 1. The number of ether oxygens (including phenoxy) is 1. The minimum absolute atomic E-state index is 0.137. The van der Waals surface area contributed by atoms with Gasteiger partial charge in [0.05, 0.1) is 13.5 Å². The highest BCUT2D eigenvalue weighted by molar-refractivity contribution is 5.98. The molecule has 4 aromatic rings. The standard InChI is InChI=1S/C29H33N5O3/c1-3-4-11-24-30-28(26-27(32-37-29(26)31-24)22-9-6-5-7-10-22)34-17-8-16-33(18-19-34)25(35)20-21-12-14-23(36-2)15-13-21/h5-7,9-10,12-15H,3-4,8,11,16-20H2,1-2H3. The van der Waals surface area contributed by atoms with Crippen molar-refractivity contribution in [2.45, 2.75) is 39.0 Å². The van der Waals surface area contributed by atoms with Gasteiger partial charge in [0.2, 0.25) is 5.91 Å². The van der Waals surface area contributed by atoms with Crippen LogP contribution in [0.1, 0.15) is 37.6 Å². The van der Waals surface area contributed by atoms with Gasteiger partial charge in [0.15, 0.2) is 0 Å². The van der Waals surface area contributed by atoms with Gasteiger partial charge < -0.3 is 19.1 Å². The lowest BCUT2D eigenvalue weighted by Gasteiger charge is -2.24. The van der Waals surface area contributed by atoms with Gasteiger partial charge in [-0.25, -0.2) is 4.98 Å². The highest BCUT2D eigenvalue weighted by atomic mass is 16.5. The van der Waals surface area contributed by atoms with E-state index in [0.29, 0.717) is 25.2 Å². The molecule has 8 nitrogen and oxygen atoms in total. The lowest BCUT2D eigenvalue weighted by molar-refractivity contribution is -0.130. The van der Waals surface area contributed by atoms with E-state index in [0.717, 1.165) is 78.4 Å². The summed E-state index contributed by atoms with van der Waals surface area (Å²) >= 11 is 0. The summed E-state index contributed by atoms with van der Waals surface area (Å²) in [6.45, 7) is 5.00. The third-order valence-corrected chi connectivity index (χ3v) is 6.83. The molecule has 1 aliphatic rings. The van der Waals surface area contributed by atoms with Gasteiger partial charge in [-0.2, -0.15) is 4.98 Å². The van der Waals surface area contributed by atoms with E-state index in [1.54, 1.807) is 7.11 Å². The highest BCUT2D eigenvalue weighted by Crippen LogP contribution is 2.34. The van der Waals surface area contributed by atoms with Gasteiger partial charge in [-0.05, 0) is 30.5 Å². The molecule has 2 aromatic heterocycles. The van der Waals surface area contributed by atoms with Crippen molar-refractivity contribution in [1.29, 1.82) is 0 Å². The van der Waals surface area contributed by atoms with Crippen molar-refractivity contribution in [1.82, 2.24) is 20.0 Å². The summed E-state index contributed by atoms with van der Waals surface area (Å²) in [5.41, 5.74) is 3.23. The summed E-state index contributed by atoms with van der Waals surface area (Å²) < 4.78 is 11.0. The summed E-state index contributed by atoms with van der Waals surface area (Å²) in [6, 6.07) is 17.7. The summed E-state index contributed by atoms with van der Waals surface area (Å²) in [4.78, 5) is 27.1. The maximum atomic E-state index is 13.1. The average molecular weight is 500 g/mol. The van der Waals surface area contributed by atoms with Gasteiger partial charge in [-0.3, -0.25) is 4.79 Å². The SMILES string of the molecule is CCCCc1nc(N2CCCN(C(=O)Cc3ccc(OC)cc3)CC2)c2c(-c3ccccc3)noc2n1. The zero-order chi connectivity index (χ0) is 25.6. The number of unbranched alkanes of at least 4 members (excludes halogenated alkanes) is 1. The number of carbonyl (C=O) groups excluding carboxylic acids is 1. The summed E-state index contributed by atoms with van der Waals surface area (Å²) in [7, 11) is 1.64. The van der Waals surface area contributed by atoms with Gasteiger partial charge in [-0.1, -0.05) is 61.0 Å². The van der Waals surface area contributed by atoms with Gasteiger partial charge in [0.25, 0.3) is 5.71 Å². The number of amides is 1. The van der Waals surface area contributed by atoms with Gasteiger partial charge in [-0.15, -0.1) is 0 Å². The topological polar surface area (TPSA) is 84.6 Å². The van der Waals surface area contributed by atoms with Crippen LogP contribution in [0.25, 0.3) is 22.4 Å². The van der Waals surface area contributed by atoms with Crippen molar-refractivity contribution in [3.05, 3.63) is 66.0 Å². The number of methoxy groups -OCH3 is 1. The molecule has 0 atom stereocenters. The van der Waals surface area contributed by atoms with Crippen LogP contribution in [0.3, 0.4) is 0 Å². The van der Waals surface area contributed by atoms with Crippen LogP contribution in [0.2, 0.25) is 0 Å². The van der Waals surface area contributed by atoms with E-state index in [1.807, 2.05) is 59.5 Å². The number of hydrogen-bond acceptors (Lipinski definition) is 7. The Balaban J connectivity index is 1.39. The van der Waals surface area contributed by atoms with Crippen LogP contribution >= 0.6 is 0 Å². The Morgan fingerprint density at radius 2 is 1.81 bits per heavy atom. The molecule has 5 rings (SSSR count). The molecule has 0 radical (unpaired) electrons. The van der Waals surface area contributed by atoms with Gasteiger partial charge >= 0.3 is 0 Å². The van der Waals surface area contributed by atoms with Crippen LogP contribution in [0, 0.1) is 0 Å². The second-order valence-corrected chi connectivity index (χ2v) is 9.39. The first-order chi connectivity index (χ1) is 18.2. The molecule has 37 heavy (non-hydrogen) atoms. The van der Waals surface area contributed by atoms with Gasteiger partial charge in [0, 0.05) is 38.2 Å². The number of rotatable bonds is 8. The molecule has 0 saturated carbocycles. The predicted octanol–water partition coefficient (Wildman–Crippen LogP) is 4.92. The Labute approximate surface area is 217 Å². The van der Waals surface area contributed by atoms with E-state index in [2.05, 4.69) is 17.0 Å². The smallest absolute Gasteiger partial charge is 0.263 e. The molecule has 0 bridgehead atoms. The number of carbonyl (C=O) groups is 1. The van der Waals surface area contributed by atoms with Crippen molar-refractivity contribution in [3.63, 3.8) is 0 Å². The minimum Gasteiger partial charge on any atom is -0.497 e. The van der Waals surface area contributed by atoms with E-state index in [9.17, 15) is 4.79 Å². The second-order valence-electron chi connectivity index (χ2n) is 9.39. The van der Waals surface area contributed by atoms with E-state index in [1.165, 1.54) is 0 Å². The van der Waals surface area contributed by atoms with Crippen LogP contribution < -0.4 is 9.64 Å². The van der Waals surface area contributed by atoms with E-state index in [-0.39, 0.29) is 5.91 Å². The van der Waals surface area contributed by atoms with Gasteiger partial charge in [0.1, 0.15) is 28.5 Å². The maximum absolute atomic E-state index is 13.1. The van der Waals surface area contributed by atoms with Crippen molar-refractivity contribution >= 4 is 22.8 Å². The fourth-order valence-corrected chi connectivity index (χ4v) is 4.76. The Kier molecular flexibility index (Phi) is 7.63. The average Bonchev–Trinajstić information content (AvgIpc) is 3.21. The van der Waals surface area contributed by atoms with Crippen molar-refractivity contribution in [2.24, 2.45) is 0 Å². The lowest BCUT2D eigenvalue weighted by atomic mass is 10.1. The number of fused-ring (bicyclic) bond motifs is 1. The normalized spacial score (nSPS) is 14.1. The maximum Gasteiger partial charge on any atom is 0.263 e. The monoisotopic (exact) mass is 499 g/mol. The number of hydrogen-bond donors (Lipinski definition) is 0. The van der Waals surface area contributed by atoms with Crippen LogP contribution in [0.15, 0.2) is 59.1 Å². The van der Waals surface area contributed by atoms with Crippen molar-refractivity contribution < 1.29 is 14.1 Å². The second kappa shape index (κ2) is 11.4. The zero-order valence-electron chi connectivity index (χ0n) is 21.5. The number of anilines is 1. The Morgan fingerprint density at radius 1 is 1.00 bits per heavy atom. The Morgan fingerprint density at radius 3 is 2.57 bits per heavy atom. The lowest BCUT2D eigenvalue weighted by Crippen LogP contribution is -2.36. The molecule has 0 unspecified atom stereocenters. The number of benzene rings is 2. The molecule has 1 amide bonds. The first-order valence-electron chi connectivity index (χ1n) is 13.0. The third kappa shape index (κ3) is 5.58. The first-order valence-corrected chi connectivity index (χ1v) is 13.0. The van der Waals surface area contributed by atoms with E-state index < -0.39 is 0 Å². The van der Waals surface area contributed by atoms with Crippen LogP contribution in [-0.4, -0.2) is 59.2 Å². The fraction of sp³-hybridized carbons (Fsp3) is 0.379. The van der Waals surface area contributed by atoms with Crippen LogP contribution in [0.5, 0.6) is 5.75 Å². The molecule has 0 spiro atoms. The number of nitrogens with zero attached hydrogens (tertiary/aromatic N) is 5. The highest BCUT2D eigenvalue weighted by Gasteiger charge is 2.25. The summed E-state index contributed by atoms with van der Waals surface area (Å²) in [5, 5.41) is 5.23. The molecular formula is C29H33N5O3. The molecule has 3 heterocycles. The molecule has 0 N–H and O–H groups in total. The molecule has 8 heteroatoms. The Bertz CT molecular complexity index is 1340. The quantitative estimate of drug-likeness (QED) is 0.340. The molecule has 1 aliphatic heterocycles. The van der Waals surface area contributed by atoms with Crippen molar-refractivity contribution in [3.8, 4) is 17.0 Å². The summed E-state index contributed by atoms with van der Waals surface area (Å²) in [6.07, 6.45) is 4.11. The Hall–Kier alpha value is -3.94. The number of aromatic nitrogens is 3. The summed E-state index contributed by atoms with van der Waals surface area (Å²) in [5.74, 6) is 2.55. The van der Waals surface area contributed by atoms with E-state index in [4.69, 9.17) is 19.2 Å². The minimum atomic E-state index is 0.137. The fourth-order valence-electron chi connectivity index (χ4n) is 4.76. The van der Waals surface area contributed by atoms with Crippen LogP contribution in [-0.2, 0) is 17.6 Å². The molecule has 2 aromatic carbocycles. The van der Waals surface area contributed by atoms with Crippen LogP contribution in [0.4, 0.5) is 5.82 Å². The zero-order valence-corrected chi connectivity index (χ0v) is 21.5. The molecule has 1 fully saturated rings. The molecule has 1 saturated heterocycles. The predicted molar refractivity (Wildman–Crippen MR) is 144 cm³/mol. The molecule has 192 valence electrons. The molecule has 0 aliphatic carbocycles. The molecular weight excluding hydrogens is 466 g/mol. The van der Waals surface area contributed by atoms with E-state index >= 15 is 0 Å². The third-order valence-electron chi connectivity index (χ3n) is 6.83. The largest absolute Gasteiger partial charge is 0.497 e.